The predicted octanol–water partition coefficient (Wildman–Crippen LogP) is 5.61. The molecule has 1 unspecified atom stereocenters. The summed E-state index contributed by atoms with van der Waals surface area (Å²) in [4.78, 5) is 0. The zero-order chi connectivity index (χ0) is 14.7. The van der Waals surface area contributed by atoms with Crippen LogP contribution in [0.3, 0.4) is 0 Å². The first-order valence-electron chi connectivity index (χ1n) is 6.65. The van der Waals surface area contributed by atoms with E-state index in [2.05, 4.69) is 13.8 Å². The van der Waals surface area contributed by atoms with Crippen LogP contribution < -0.4 is 0 Å². The van der Waals surface area contributed by atoms with Crippen molar-refractivity contribution in [2.75, 3.05) is 0 Å². The number of alkyl halides is 1. The first-order valence-corrected chi connectivity index (χ1v) is 7.09. The summed E-state index contributed by atoms with van der Waals surface area (Å²) >= 11 is 6.32. The lowest BCUT2D eigenvalue weighted by Crippen LogP contribution is -1.99. The molecule has 3 heteroatoms. The molecule has 0 radical (unpaired) electrons. The number of benzene rings is 2. The van der Waals surface area contributed by atoms with Gasteiger partial charge in [-0.05, 0) is 35.1 Å². The fourth-order valence-corrected chi connectivity index (χ4v) is 2.40. The summed E-state index contributed by atoms with van der Waals surface area (Å²) in [6.07, 6.45) is 0.342. The lowest BCUT2D eigenvalue weighted by molar-refractivity contribution is 0.570. The molecule has 0 aliphatic heterocycles. The van der Waals surface area contributed by atoms with Crippen LogP contribution in [0.4, 0.5) is 8.78 Å². The molecule has 0 bridgehead atoms. The third-order valence-electron chi connectivity index (χ3n) is 3.38. The summed E-state index contributed by atoms with van der Waals surface area (Å²) in [6.45, 7) is 4.25. The molecule has 2 aromatic rings. The van der Waals surface area contributed by atoms with Crippen LogP contribution in [0.1, 0.15) is 41.8 Å². The van der Waals surface area contributed by atoms with Gasteiger partial charge in [-0.2, -0.15) is 0 Å². The Morgan fingerprint density at radius 3 is 2.10 bits per heavy atom. The van der Waals surface area contributed by atoms with Crippen LogP contribution in [0.25, 0.3) is 0 Å². The highest BCUT2D eigenvalue weighted by molar-refractivity contribution is 6.20. The van der Waals surface area contributed by atoms with Crippen LogP contribution in [-0.4, -0.2) is 0 Å². The van der Waals surface area contributed by atoms with Crippen LogP contribution >= 0.6 is 11.6 Å². The van der Waals surface area contributed by atoms with Crippen LogP contribution in [0.2, 0.25) is 0 Å². The minimum absolute atomic E-state index is 0.323. The predicted molar refractivity (Wildman–Crippen MR) is 79.2 cm³/mol. The lowest BCUT2D eigenvalue weighted by atomic mass is 9.98. The minimum atomic E-state index is -0.571. The summed E-state index contributed by atoms with van der Waals surface area (Å²) in [5, 5.41) is -0.323. The van der Waals surface area contributed by atoms with Gasteiger partial charge in [-0.15, -0.1) is 11.6 Å². The Morgan fingerprint density at radius 2 is 1.55 bits per heavy atom. The van der Waals surface area contributed by atoms with Gasteiger partial charge in [-0.25, -0.2) is 8.78 Å². The average molecular weight is 295 g/mol. The van der Waals surface area contributed by atoms with Gasteiger partial charge in [0.05, 0.1) is 5.38 Å². The van der Waals surface area contributed by atoms with Crippen molar-refractivity contribution in [3.8, 4) is 0 Å². The fraction of sp³-hybridized carbons (Fsp3) is 0.294. The maximum absolute atomic E-state index is 13.6. The summed E-state index contributed by atoms with van der Waals surface area (Å²) in [7, 11) is 0. The van der Waals surface area contributed by atoms with Crippen molar-refractivity contribution in [3.05, 3.63) is 70.8 Å². The Labute approximate surface area is 123 Å². The van der Waals surface area contributed by atoms with E-state index in [1.54, 1.807) is 0 Å². The van der Waals surface area contributed by atoms with Crippen molar-refractivity contribution in [2.24, 2.45) is 0 Å². The van der Waals surface area contributed by atoms with E-state index in [0.717, 1.165) is 11.6 Å². The van der Waals surface area contributed by atoms with Crippen LogP contribution in [-0.2, 0) is 6.42 Å². The Balaban J connectivity index is 2.13. The molecule has 2 rings (SSSR count). The third kappa shape index (κ3) is 3.57. The molecule has 0 aliphatic carbocycles. The van der Waals surface area contributed by atoms with E-state index in [1.165, 1.54) is 17.7 Å². The summed E-state index contributed by atoms with van der Waals surface area (Å²) in [5.74, 6) is -0.652. The first-order chi connectivity index (χ1) is 9.47. The van der Waals surface area contributed by atoms with E-state index in [0.29, 0.717) is 17.9 Å². The van der Waals surface area contributed by atoms with Gasteiger partial charge in [-0.3, -0.25) is 0 Å². The van der Waals surface area contributed by atoms with Crippen LogP contribution in [0.15, 0.2) is 42.5 Å². The quantitative estimate of drug-likeness (QED) is 0.643. The van der Waals surface area contributed by atoms with E-state index in [4.69, 9.17) is 11.6 Å². The molecule has 0 saturated heterocycles. The average Bonchev–Trinajstić information content (AvgIpc) is 2.42. The molecule has 0 amide bonds. The zero-order valence-corrected chi connectivity index (χ0v) is 12.3. The lowest BCUT2D eigenvalue weighted by Gasteiger charge is -2.12. The second-order valence-corrected chi connectivity index (χ2v) is 5.76. The highest BCUT2D eigenvalue weighted by atomic mass is 35.5. The molecule has 0 fully saturated rings. The molecular formula is C17H17ClF2. The van der Waals surface area contributed by atoms with Gasteiger partial charge in [0, 0.05) is 6.07 Å². The van der Waals surface area contributed by atoms with Gasteiger partial charge in [0.15, 0.2) is 0 Å². The Hall–Kier alpha value is -1.41. The van der Waals surface area contributed by atoms with Crippen LogP contribution in [0, 0.1) is 11.6 Å². The van der Waals surface area contributed by atoms with Gasteiger partial charge in [0.2, 0.25) is 0 Å². The Morgan fingerprint density at radius 1 is 0.950 bits per heavy atom. The molecule has 0 heterocycles. The first kappa shape index (κ1) is 15.0. The summed E-state index contributed by atoms with van der Waals surface area (Å²) < 4.78 is 26.5. The van der Waals surface area contributed by atoms with E-state index in [-0.39, 0.29) is 5.38 Å². The fourth-order valence-electron chi connectivity index (χ4n) is 2.09. The molecule has 0 nitrogen and oxygen atoms in total. The van der Waals surface area contributed by atoms with Crippen molar-refractivity contribution in [3.63, 3.8) is 0 Å². The van der Waals surface area contributed by atoms with Crippen molar-refractivity contribution in [1.82, 2.24) is 0 Å². The molecule has 106 valence electrons. The highest BCUT2D eigenvalue weighted by Gasteiger charge is 2.13. The molecular weight excluding hydrogens is 278 g/mol. The molecule has 2 aromatic carbocycles. The van der Waals surface area contributed by atoms with E-state index < -0.39 is 11.6 Å². The van der Waals surface area contributed by atoms with Gasteiger partial charge >= 0.3 is 0 Å². The number of halogens is 3. The second kappa shape index (κ2) is 6.36. The van der Waals surface area contributed by atoms with E-state index >= 15 is 0 Å². The molecule has 0 saturated carbocycles. The van der Waals surface area contributed by atoms with Gasteiger partial charge in [0.1, 0.15) is 11.6 Å². The summed E-state index contributed by atoms with van der Waals surface area (Å²) in [5.41, 5.74) is 2.62. The summed E-state index contributed by atoms with van der Waals surface area (Å²) in [6, 6.07) is 11.6. The van der Waals surface area contributed by atoms with Crippen molar-refractivity contribution in [1.29, 1.82) is 0 Å². The number of hydrogen-bond acceptors (Lipinski definition) is 0. The molecule has 0 N–H and O–H groups in total. The molecule has 20 heavy (non-hydrogen) atoms. The molecule has 0 aliphatic rings. The standard InChI is InChI=1S/C17H17ClF2/c1-11(2)12-3-5-13(6-4-12)16(18)9-14-7-8-15(19)10-17(14)20/h3-8,10-11,16H,9H2,1-2H3. The molecule has 0 spiro atoms. The highest BCUT2D eigenvalue weighted by Crippen LogP contribution is 2.27. The maximum atomic E-state index is 13.6. The van der Waals surface area contributed by atoms with Gasteiger partial charge in [-0.1, -0.05) is 44.2 Å². The Bertz CT molecular complexity index is 576. The smallest absolute Gasteiger partial charge is 0.129 e. The van der Waals surface area contributed by atoms with Crippen molar-refractivity contribution >= 4 is 11.6 Å². The van der Waals surface area contributed by atoms with Crippen molar-refractivity contribution in [2.45, 2.75) is 31.6 Å². The monoisotopic (exact) mass is 294 g/mol. The van der Waals surface area contributed by atoms with Gasteiger partial charge < -0.3 is 0 Å². The minimum Gasteiger partial charge on any atom is -0.207 e. The third-order valence-corrected chi connectivity index (χ3v) is 3.79. The van der Waals surface area contributed by atoms with Gasteiger partial charge in [0.25, 0.3) is 0 Å². The molecule has 1 atom stereocenters. The maximum Gasteiger partial charge on any atom is 0.129 e. The second-order valence-electron chi connectivity index (χ2n) is 5.23. The van der Waals surface area contributed by atoms with Crippen molar-refractivity contribution < 1.29 is 8.78 Å². The number of hydrogen-bond donors (Lipinski definition) is 0. The normalized spacial score (nSPS) is 12.7. The number of rotatable bonds is 4. The van der Waals surface area contributed by atoms with E-state index in [9.17, 15) is 8.78 Å². The SMILES string of the molecule is CC(C)c1ccc(C(Cl)Cc2ccc(F)cc2F)cc1. The van der Waals surface area contributed by atoms with E-state index in [1.807, 2.05) is 24.3 Å². The zero-order valence-electron chi connectivity index (χ0n) is 11.5. The largest absolute Gasteiger partial charge is 0.207 e. The topological polar surface area (TPSA) is 0 Å². The van der Waals surface area contributed by atoms with Crippen LogP contribution in [0.5, 0.6) is 0 Å². The molecule has 0 aromatic heterocycles. The Kier molecular flexibility index (Phi) is 4.77.